The van der Waals surface area contributed by atoms with Crippen molar-refractivity contribution >= 4 is 11.9 Å². The van der Waals surface area contributed by atoms with Crippen LogP contribution in [0.2, 0.25) is 0 Å². The van der Waals surface area contributed by atoms with Crippen LogP contribution in [-0.4, -0.2) is 40.6 Å². The number of benzene rings is 1. The van der Waals surface area contributed by atoms with E-state index in [1.165, 1.54) is 6.42 Å². The minimum atomic E-state index is -1.33. The van der Waals surface area contributed by atoms with Crippen molar-refractivity contribution in [3.63, 3.8) is 0 Å². The molecule has 25 heavy (non-hydrogen) atoms. The number of piperidine rings is 1. The molecule has 5 nitrogen and oxygen atoms in total. The molecular weight excluding hydrogens is 318 g/mol. The normalized spacial score (nSPS) is 20.1. The summed E-state index contributed by atoms with van der Waals surface area (Å²) in [6.45, 7) is 1.71. The summed E-state index contributed by atoms with van der Waals surface area (Å²) in [6, 6.07) is 7.24. The summed E-state index contributed by atoms with van der Waals surface area (Å²) in [6.07, 6.45) is 7.00. The van der Waals surface area contributed by atoms with E-state index in [9.17, 15) is 14.7 Å². The Morgan fingerprint density at radius 1 is 1.04 bits per heavy atom. The van der Waals surface area contributed by atoms with Crippen molar-refractivity contribution in [3.05, 3.63) is 35.4 Å². The number of rotatable bonds is 4. The van der Waals surface area contributed by atoms with Crippen molar-refractivity contribution in [2.75, 3.05) is 13.1 Å². The second kappa shape index (κ2) is 8.00. The van der Waals surface area contributed by atoms with Gasteiger partial charge in [-0.2, -0.15) is 0 Å². The zero-order valence-electron chi connectivity index (χ0n) is 14.7. The average molecular weight is 345 g/mol. The molecule has 1 aromatic rings. The Hall–Kier alpha value is -1.88. The topological polar surface area (TPSA) is 66.8 Å². The number of nitrogens with zero attached hydrogens (tertiary/aromatic N) is 1. The van der Waals surface area contributed by atoms with Crippen LogP contribution in [0.4, 0.5) is 0 Å². The summed E-state index contributed by atoms with van der Waals surface area (Å²) in [5, 5.41) is 10.4. The molecule has 2 aliphatic rings. The fourth-order valence-electron chi connectivity index (χ4n) is 3.70. The third-order valence-corrected chi connectivity index (χ3v) is 5.25. The highest BCUT2D eigenvalue weighted by molar-refractivity contribution is 5.94. The molecule has 1 N–H and O–H groups in total. The molecule has 1 saturated heterocycles. The second-order valence-corrected chi connectivity index (χ2v) is 7.22. The number of aliphatic hydroxyl groups is 1. The average Bonchev–Trinajstić information content (AvgIpc) is 2.67. The monoisotopic (exact) mass is 345 g/mol. The van der Waals surface area contributed by atoms with Crippen molar-refractivity contribution in [1.29, 1.82) is 0 Å². The van der Waals surface area contributed by atoms with Crippen LogP contribution >= 0.6 is 0 Å². The summed E-state index contributed by atoms with van der Waals surface area (Å²) >= 11 is 0. The van der Waals surface area contributed by atoms with Gasteiger partial charge in [-0.25, -0.2) is 4.79 Å². The molecule has 0 spiro atoms. The van der Waals surface area contributed by atoms with Gasteiger partial charge in [0.15, 0.2) is 5.60 Å². The molecule has 0 aromatic heterocycles. The molecule has 1 saturated carbocycles. The first-order chi connectivity index (χ1) is 12.1. The van der Waals surface area contributed by atoms with Crippen LogP contribution in [0.25, 0.3) is 0 Å². The Morgan fingerprint density at radius 3 is 2.44 bits per heavy atom. The first-order valence-corrected chi connectivity index (χ1v) is 9.36. The van der Waals surface area contributed by atoms with Gasteiger partial charge in [-0.05, 0) is 62.6 Å². The van der Waals surface area contributed by atoms with Crippen LogP contribution in [0.3, 0.4) is 0 Å². The molecule has 0 radical (unpaired) electrons. The van der Waals surface area contributed by atoms with Crippen molar-refractivity contribution in [2.45, 2.75) is 63.6 Å². The number of hydrogen-bond acceptors (Lipinski definition) is 4. The Kier molecular flexibility index (Phi) is 5.74. The van der Waals surface area contributed by atoms with Gasteiger partial charge in [0.25, 0.3) is 5.91 Å². The van der Waals surface area contributed by atoms with Gasteiger partial charge >= 0.3 is 5.97 Å². The van der Waals surface area contributed by atoms with E-state index in [1.54, 1.807) is 12.1 Å². The lowest BCUT2D eigenvalue weighted by Gasteiger charge is -2.29. The van der Waals surface area contributed by atoms with E-state index in [0.717, 1.165) is 50.8 Å². The molecular formula is C20H27NO4. The van der Waals surface area contributed by atoms with E-state index in [2.05, 4.69) is 0 Å². The van der Waals surface area contributed by atoms with Crippen molar-refractivity contribution in [3.8, 4) is 0 Å². The van der Waals surface area contributed by atoms with Gasteiger partial charge < -0.3 is 14.7 Å². The largest absolute Gasteiger partial charge is 0.459 e. The van der Waals surface area contributed by atoms with Crippen LogP contribution in [-0.2, 0) is 16.1 Å². The predicted molar refractivity (Wildman–Crippen MR) is 94.0 cm³/mol. The fraction of sp³-hybridized carbons (Fsp3) is 0.600. The smallest absolute Gasteiger partial charge is 0.338 e. The summed E-state index contributed by atoms with van der Waals surface area (Å²) in [4.78, 5) is 26.7. The Morgan fingerprint density at radius 2 is 1.72 bits per heavy atom. The maximum Gasteiger partial charge on any atom is 0.338 e. The maximum absolute atomic E-state index is 12.6. The van der Waals surface area contributed by atoms with Gasteiger partial charge in [-0.3, -0.25) is 4.79 Å². The van der Waals surface area contributed by atoms with E-state index < -0.39 is 11.6 Å². The standard InChI is InChI=1S/C20H27NO4/c22-18(21-12-5-2-6-13-21)17-9-7-8-16(14-17)15-25-19(23)20(24)10-3-1-4-11-20/h7-9,14,24H,1-6,10-13,15H2. The lowest BCUT2D eigenvalue weighted by molar-refractivity contribution is -0.170. The number of esters is 1. The van der Waals surface area contributed by atoms with Gasteiger partial charge in [0.05, 0.1) is 0 Å². The number of likely N-dealkylation sites (tertiary alicyclic amines) is 1. The highest BCUT2D eigenvalue weighted by Gasteiger charge is 2.38. The Labute approximate surface area is 149 Å². The highest BCUT2D eigenvalue weighted by atomic mass is 16.5. The Balaban J connectivity index is 1.59. The van der Waals surface area contributed by atoms with Crippen LogP contribution < -0.4 is 0 Å². The summed E-state index contributed by atoms with van der Waals surface area (Å²) < 4.78 is 5.34. The summed E-state index contributed by atoms with van der Waals surface area (Å²) in [7, 11) is 0. The highest BCUT2D eigenvalue weighted by Crippen LogP contribution is 2.29. The molecule has 0 atom stereocenters. The first-order valence-electron chi connectivity index (χ1n) is 9.36. The van der Waals surface area contributed by atoms with Crippen LogP contribution in [0.5, 0.6) is 0 Å². The third-order valence-electron chi connectivity index (χ3n) is 5.25. The molecule has 1 aliphatic carbocycles. The maximum atomic E-state index is 12.6. The van der Waals surface area contributed by atoms with Crippen LogP contribution in [0.15, 0.2) is 24.3 Å². The predicted octanol–water partition coefficient (Wildman–Crippen LogP) is 3.05. The minimum Gasteiger partial charge on any atom is -0.459 e. The summed E-state index contributed by atoms with van der Waals surface area (Å²) in [5.41, 5.74) is 0.0712. The molecule has 3 rings (SSSR count). The van der Waals surface area contributed by atoms with Gasteiger partial charge in [0.1, 0.15) is 6.61 Å². The number of ether oxygens (including phenoxy) is 1. The lowest BCUT2D eigenvalue weighted by Crippen LogP contribution is -2.41. The molecule has 0 bridgehead atoms. The van der Waals surface area contributed by atoms with Crippen LogP contribution in [0, 0.1) is 0 Å². The van der Waals surface area contributed by atoms with E-state index in [0.29, 0.717) is 18.4 Å². The minimum absolute atomic E-state index is 0.0405. The van der Waals surface area contributed by atoms with Gasteiger partial charge in [-0.15, -0.1) is 0 Å². The third kappa shape index (κ3) is 4.40. The van der Waals surface area contributed by atoms with Crippen molar-refractivity contribution in [2.24, 2.45) is 0 Å². The molecule has 5 heteroatoms. The molecule has 1 heterocycles. The van der Waals surface area contributed by atoms with Crippen LogP contribution in [0.1, 0.15) is 67.3 Å². The zero-order chi connectivity index (χ0) is 17.7. The molecule has 2 fully saturated rings. The number of carbonyl (C=O) groups excluding carboxylic acids is 2. The van der Waals surface area contributed by atoms with E-state index in [-0.39, 0.29) is 12.5 Å². The lowest BCUT2D eigenvalue weighted by atomic mass is 9.85. The number of hydrogen-bond donors (Lipinski definition) is 1. The summed E-state index contributed by atoms with van der Waals surface area (Å²) in [5.74, 6) is -0.501. The van der Waals surface area contributed by atoms with Gasteiger partial charge in [0.2, 0.25) is 0 Å². The van der Waals surface area contributed by atoms with Crippen molar-refractivity contribution < 1.29 is 19.4 Å². The van der Waals surface area contributed by atoms with Gasteiger partial charge in [0, 0.05) is 18.7 Å². The molecule has 1 amide bonds. The zero-order valence-corrected chi connectivity index (χ0v) is 14.7. The second-order valence-electron chi connectivity index (χ2n) is 7.22. The number of carbonyl (C=O) groups is 2. The van der Waals surface area contributed by atoms with Crippen molar-refractivity contribution in [1.82, 2.24) is 4.90 Å². The SMILES string of the molecule is O=C(c1cccc(COC(=O)C2(O)CCCCC2)c1)N1CCCCC1. The van der Waals surface area contributed by atoms with E-state index in [4.69, 9.17) is 4.74 Å². The molecule has 136 valence electrons. The molecule has 1 aromatic carbocycles. The molecule has 1 aliphatic heterocycles. The fourth-order valence-corrected chi connectivity index (χ4v) is 3.70. The Bertz CT molecular complexity index is 616. The van der Waals surface area contributed by atoms with Gasteiger partial charge in [-0.1, -0.05) is 18.6 Å². The van der Waals surface area contributed by atoms with E-state index >= 15 is 0 Å². The quantitative estimate of drug-likeness (QED) is 0.852. The molecule has 0 unspecified atom stereocenters. The number of amides is 1. The first kappa shape index (κ1) is 17.9. The van der Waals surface area contributed by atoms with E-state index in [1.807, 2.05) is 17.0 Å².